The van der Waals surface area contributed by atoms with E-state index in [2.05, 4.69) is 22.0 Å². The SMILES string of the molecule is O=C(OC[C@H]1CCN(c2ccccc2)C1)c1cscn1. The van der Waals surface area contributed by atoms with E-state index in [9.17, 15) is 4.79 Å². The van der Waals surface area contributed by atoms with Crippen LogP contribution >= 0.6 is 11.3 Å². The highest BCUT2D eigenvalue weighted by Gasteiger charge is 2.24. The molecule has 0 amide bonds. The fourth-order valence-electron chi connectivity index (χ4n) is 2.42. The van der Waals surface area contributed by atoms with Gasteiger partial charge in [-0.1, -0.05) is 18.2 Å². The van der Waals surface area contributed by atoms with Crippen LogP contribution in [0.3, 0.4) is 0 Å². The van der Waals surface area contributed by atoms with Gasteiger partial charge in [-0.05, 0) is 18.6 Å². The molecule has 1 atom stereocenters. The van der Waals surface area contributed by atoms with Crippen molar-refractivity contribution in [2.24, 2.45) is 5.92 Å². The van der Waals surface area contributed by atoms with Gasteiger partial charge in [0.1, 0.15) is 0 Å². The van der Waals surface area contributed by atoms with Crippen molar-refractivity contribution in [2.75, 3.05) is 24.6 Å². The van der Waals surface area contributed by atoms with Crippen LogP contribution in [0.5, 0.6) is 0 Å². The van der Waals surface area contributed by atoms with E-state index in [1.54, 1.807) is 10.9 Å². The quantitative estimate of drug-likeness (QED) is 0.811. The predicted molar refractivity (Wildman–Crippen MR) is 79.2 cm³/mol. The number of benzene rings is 1. The average molecular weight is 288 g/mol. The maximum Gasteiger partial charge on any atom is 0.357 e. The number of rotatable bonds is 4. The molecule has 5 heteroatoms. The van der Waals surface area contributed by atoms with Crippen LogP contribution in [0, 0.1) is 5.92 Å². The summed E-state index contributed by atoms with van der Waals surface area (Å²) in [6, 6.07) is 10.3. The lowest BCUT2D eigenvalue weighted by atomic mass is 10.1. The average Bonchev–Trinajstić information content (AvgIpc) is 3.17. The second-order valence-electron chi connectivity index (χ2n) is 4.91. The maximum atomic E-state index is 11.7. The summed E-state index contributed by atoms with van der Waals surface area (Å²) in [6.45, 7) is 2.43. The van der Waals surface area contributed by atoms with E-state index in [0.29, 0.717) is 18.2 Å². The zero-order valence-electron chi connectivity index (χ0n) is 11.1. The van der Waals surface area contributed by atoms with E-state index in [0.717, 1.165) is 19.5 Å². The first kappa shape index (κ1) is 13.1. The molecule has 2 heterocycles. The molecular weight excluding hydrogens is 272 g/mol. The minimum Gasteiger partial charge on any atom is -0.461 e. The number of nitrogens with zero attached hydrogens (tertiary/aromatic N) is 2. The van der Waals surface area contributed by atoms with Crippen molar-refractivity contribution < 1.29 is 9.53 Å². The smallest absolute Gasteiger partial charge is 0.357 e. The molecule has 0 aliphatic carbocycles. The third-order valence-corrected chi connectivity index (χ3v) is 4.09. The second-order valence-corrected chi connectivity index (χ2v) is 5.63. The van der Waals surface area contributed by atoms with Gasteiger partial charge in [0.2, 0.25) is 0 Å². The van der Waals surface area contributed by atoms with Crippen LogP contribution in [-0.4, -0.2) is 30.6 Å². The summed E-state index contributed by atoms with van der Waals surface area (Å²) >= 11 is 1.40. The lowest BCUT2D eigenvalue weighted by Gasteiger charge is -2.18. The number of hydrogen-bond acceptors (Lipinski definition) is 5. The first-order valence-corrected chi connectivity index (χ1v) is 7.62. The van der Waals surface area contributed by atoms with Crippen LogP contribution in [-0.2, 0) is 4.74 Å². The number of ether oxygens (including phenoxy) is 1. The number of esters is 1. The molecule has 0 N–H and O–H groups in total. The number of para-hydroxylation sites is 1. The Morgan fingerprint density at radius 3 is 3.00 bits per heavy atom. The maximum absolute atomic E-state index is 11.7. The molecule has 0 spiro atoms. The Balaban J connectivity index is 1.50. The van der Waals surface area contributed by atoms with E-state index < -0.39 is 0 Å². The summed E-state index contributed by atoms with van der Waals surface area (Å²) in [4.78, 5) is 18.0. The molecule has 0 bridgehead atoms. The highest BCUT2D eigenvalue weighted by Crippen LogP contribution is 2.23. The van der Waals surface area contributed by atoms with Gasteiger partial charge in [0.25, 0.3) is 0 Å². The van der Waals surface area contributed by atoms with Crippen molar-refractivity contribution in [2.45, 2.75) is 6.42 Å². The third-order valence-electron chi connectivity index (χ3n) is 3.50. The number of thiazole rings is 1. The van der Waals surface area contributed by atoms with Crippen molar-refractivity contribution >= 4 is 23.0 Å². The molecule has 1 aliphatic rings. The Hall–Kier alpha value is -1.88. The number of carbonyl (C=O) groups is 1. The van der Waals surface area contributed by atoms with Gasteiger partial charge in [-0.25, -0.2) is 9.78 Å². The molecule has 0 saturated carbocycles. The summed E-state index contributed by atoms with van der Waals surface area (Å²) in [6.07, 6.45) is 1.05. The summed E-state index contributed by atoms with van der Waals surface area (Å²) in [5, 5.41) is 1.72. The minimum atomic E-state index is -0.315. The lowest BCUT2D eigenvalue weighted by molar-refractivity contribution is 0.0445. The van der Waals surface area contributed by atoms with E-state index in [1.807, 2.05) is 18.2 Å². The largest absolute Gasteiger partial charge is 0.461 e. The van der Waals surface area contributed by atoms with E-state index in [-0.39, 0.29) is 5.97 Å². The fourth-order valence-corrected chi connectivity index (χ4v) is 2.94. The Morgan fingerprint density at radius 2 is 2.25 bits per heavy atom. The van der Waals surface area contributed by atoms with Crippen molar-refractivity contribution in [3.63, 3.8) is 0 Å². The van der Waals surface area contributed by atoms with Crippen LogP contribution in [0.15, 0.2) is 41.2 Å². The number of anilines is 1. The van der Waals surface area contributed by atoms with Gasteiger partial charge >= 0.3 is 5.97 Å². The van der Waals surface area contributed by atoms with Crippen molar-refractivity contribution in [3.8, 4) is 0 Å². The molecule has 1 saturated heterocycles. The Kier molecular flexibility index (Phi) is 3.97. The lowest BCUT2D eigenvalue weighted by Crippen LogP contribution is -2.22. The van der Waals surface area contributed by atoms with E-state index in [4.69, 9.17) is 4.74 Å². The molecule has 1 aliphatic heterocycles. The zero-order chi connectivity index (χ0) is 13.8. The molecule has 20 heavy (non-hydrogen) atoms. The Labute approximate surface area is 122 Å². The molecule has 2 aromatic rings. The van der Waals surface area contributed by atoms with Crippen molar-refractivity contribution in [1.82, 2.24) is 4.98 Å². The molecule has 0 unspecified atom stereocenters. The predicted octanol–water partition coefficient (Wildman–Crippen LogP) is 2.83. The normalized spacial score (nSPS) is 18.2. The molecule has 0 radical (unpaired) electrons. The van der Waals surface area contributed by atoms with Crippen LogP contribution in [0.25, 0.3) is 0 Å². The topological polar surface area (TPSA) is 42.4 Å². The summed E-state index contributed by atoms with van der Waals surface area (Å²) in [7, 11) is 0. The van der Waals surface area contributed by atoms with Gasteiger partial charge in [-0.3, -0.25) is 0 Å². The molecule has 104 valence electrons. The van der Waals surface area contributed by atoms with Crippen molar-refractivity contribution in [1.29, 1.82) is 0 Å². The summed E-state index contributed by atoms with van der Waals surface area (Å²) in [5.41, 5.74) is 3.29. The standard InChI is InChI=1S/C15H16N2O2S/c18-15(14-10-20-11-16-14)19-9-12-6-7-17(8-12)13-4-2-1-3-5-13/h1-5,10-12H,6-9H2/t12-/m0/s1. The van der Waals surface area contributed by atoms with Crippen LogP contribution in [0.4, 0.5) is 5.69 Å². The second kappa shape index (κ2) is 6.05. The Morgan fingerprint density at radius 1 is 1.40 bits per heavy atom. The summed E-state index contributed by atoms with van der Waals surface area (Å²) < 4.78 is 5.33. The Bertz CT molecular complexity index is 557. The van der Waals surface area contributed by atoms with Gasteiger partial charge < -0.3 is 9.64 Å². The highest BCUT2D eigenvalue weighted by molar-refractivity contribution is 7.07. The fraction of sp³-hybridized carbons (Fsp3) is 0.333. The van der Waals surface area contributed by atoms with Gasteiger partial charge in [-0.15, -0.1) is 11.3 Å². The van der Waals surface area contributed by atoms with E-state index >= 15 is 0 Å². The van der Waals surface area contributed by atoms with Crippen LogP contribution in [0.1, 0.15) is 16.9 Å². The monoisotopic (exact) mass is 288 g/mol. The van der Waals surface area contributed by atoms with E-state index in [1.165, 1.54) is 17.0 Å². The molecule has 1 fully saturated rings. The molecule has 4 nitrogen and oxygen atoms in total. The minimum absolute atomic E-state index is 0.315. The van der Waals surface area contributed by atoms with Crippen molar-refractivity contribution in [3.05, 3.63) is 46.9 Å². The molecular formula is C15H16N2O2S. The highest BCUT2D eigenvalue weighted by atomic mass is 32.1. The van der Waals surface area contributed by atoms with Gasteiger partial charge in [0.15, 0.2) is 5.69 Å². The van der Waals surface area contributed by atoms with Gasteiger partial charge in [0.05, 0.1) is 12.1 Å². The summed E-state index contributed by atoms with van der Waals surface area (Å²) in [5.74, 6) is 0.0854. The molecule has 3 rings (SSSR count). The number of aromatic nitrogens is 1. The first-order valence-electron chi connectivity index (χ1n) is 6.68. The first-order chi connectivity index (χ1) is 9.83. The molecule has 1 aromatic heterocycles. The number of carbonyl (C=O) groups excluding carboxylic acids is 1. The van der Waals surface area contributed by atoms with Gasteiger partial charge in [0, 0.05) is 30.1 Å². The number of hydrogen-bond donors (Lipinski definition) is 0. The molecule has 1 aromatic carbocycles. The van der Waals surface area contributed by atoms with Crippen LogP contribution < -0.4 is 4.90 Å². The zero-order valence-corrected chi connectivity index (χ0v) is 11.9. The van der Waals surface area contributed by atoms with Gasteiger partial charge in [-0.2, -0.15) is 0 Å². The van der Waals surface area contributed by atoms with Crippen LogP contribution in [0.2, 0.25) is 0 Å². The third kappa shape index (κ3) is 2.99.